The van der Waals surface area contributed by atoms with Crippen LogP contribution in [-0.2, 0) is 11.3 Å². The third kappa shape index (κ3) is 5.85. The Bertz CT molecular complexity index is 791. The van der Waals surface area contributed by atoms with E-state index >= 15 is 0 Å². The lowest BCUT2D eigenvalue weighted by molar-refractivity contribution is -0.131. The smallest absolute Gasteiger partial charge is 0.319 e. The van der Waals surface area contributed by atoms with Gasteiger partial charge < -0.3 is 20.9 Å². The van der Waals surface area contributed by atoms with Gasteiger partial charge in [0.15, 0.2) is 0 Å². The van der Waals surface area contributed by atoms with Crippen LogP contribution in [0, 0.1) is 0 Å². The maximum atomic E-state index is 12.5. The number of likely N-dealkylation sites (N-methyl/N-ethyl adjacent to an activating group) is 1. The number of nitrogens with zero attached hydrogens (tertiary/aromatic N) is 1. The quantitative estimate of drug-likeness (QED) is 0.730. The third-order valence-corrected chi connectivity index (χ3v) is 3.99. The van der Waals surface area contributed by atoms with E-state index in [1.165, 1.54) is 4.90 Å². The van der Waals surface area contributed by atoms with E-state index in [0.29, 0.717) is 17.8 Å². The normalized spacial score (nSPS) is 11.2. The van der Waals surface area contributed by atoms with Crippen molar-refractivity contribution in [3.63, 3.8) is 0 Å². The predicted molar refractivity (Wildman–Crippen MR) is 104 cm³/mol. The number of hydrogen-bond acceptors (Lipinski definition) is 3. The highest BCUT2D eigenvalue weighted by atomic mass is 16.2. The summed E-state index contributed by atoms with van der Waals surface area (Å²) in [6.07, 6.45) is 0. The summed E-state index contributed by atoms with van der Waals surface area (Å²) < 4.78 is 0. The molecule has 7 nitrogen and oxygen atoms in total. The summed E-state index contributed by atoms with van der Waals surface area (Å²) in [6, 6.07) is 14.9. The third-order valence-electron chi connectivity index (χ3n) is 3.99. The van der Waals surface area contributed by atoms with Crippen LogP contribution < -0.4 is 16.0 Å². The van der Waals surface area contributed by atoms with Crippen LogP contribution >= 0.6 is 0 Å². The topological polar surface area (TPSA) is 90.5 Å². The first kappa shape index (κ1) is 20.0. The molecule has 0 aliphatic heterocycles. The summed E-state index contributed by atoms with van der Waals surface area (Å²) in [4.78, 5) is 37.6. The average Bonchev–Trinajstić information content (AvgIpc) is 2.67. The first-order chi connectivity index (χ1) is 12.9. The van der Waals surface area contributed by atoms with E-state index in [4.69, 9.17) is 0 Å². The van der Waals surface area contributed by atoms with Crippen LogP contribution in [0.25, 0.3) is 0 Å². The second-order valence-corrected chi connectivity index (χ2v) is 6.16. The van der Waals surface area contributed by atoms with Crippen molar-refractivity contribution in [2.75, 3.05) is 19.4 Å². The largest absolute Gasteiger partial charge is 0.355 e. The Kier molecular flexibility index (Phi) is 6.93. The van der Waals surface area contributed by atoms with Crippen molar-refractivity contribution >= 4 is 23.5 Å². The molecule has 0 radical (unpaired) electrons. The Labute approximate surface area is 158 Å². The summed E-state index contributed by atoms with van der Waals surface area (Å²) >= 11 is 0. The molecule has 0 heterocycles. The fourth-order valence-electron chi connectivity index (χ4n) is 2.54. The molecule has 2 aromatic carbocycles. The minimum Gasteiger partial charge on any atom is -0.355 e. The lowest BCUT2D eigenvalue weighted by Crippen LogP contribution is -2.46. The molecule has 0 saturated heterocycles. The van der Waals surface area contributed by atoms with Crippen LogP contribution in [0.1, 0.15) is 22.8 Å². The van der Waals surface area contributed by atoms with Gasteiger partial charge in [0.2, 0.25) is 5.91 Å². The number of carbonyl (C=O) groups excluding carboxylic acids is 3. The molecule has 142 valence electrons. The lowest BCUT2D eigenvalue weighted by Gasteiger charge is -2.22. The standard InChI is InChI=1S/C20H24N4O3/c1-14(22-20(27)23-17-7-5-4-6-8-17)19(26)24(3)13-15-9-11-16(12-10-15)18(25)21-2/h4-12,14H,13H2,1-3H3,(H,21,25)(H2,22,23,27)/t14-/m0/s1. The molecule has 2 aromatic rings. The number of anilines is 1. The molecule has 0 aromatic heterocycles. The Balaban J connectivity index is 1.88. The summed E-state index contributed by atoms with van der Waals surface area (Å²) in [5.41, 5.74) is 2.10. The fourth-order valence-corrected chi connectivity index (χ4v) is 2.54. The van der Waals surface area contributed by atoms with Gasteiger partial charge in [-0.2, -0.15) is 0 Å². The van der Waals surface area contributed by atoms with Gasteiger partial charge in [0.05, 0.1) is 0 Å². The maximum Gasteiger partial charge on any atom is 0.319 e. The number of amides is 4. The Morgan fingerprint density at radius 3 is 2.22 bits per heavy atom. The zero-order valence-electron chi connectivity index (χ0n) is 15.7. The molecule has 0 aliphatic carbocycles. The zero-order chi connectivity index (χ0) is 19.8. The van der Waals surface area contributed by atoms with Gasteiger partial charge in [-0.15, -0.1) is 0 Å². The van der Waals surface area contributed by atoms with E-state index in [9.17, 15) is 14.4 Å². The van der Waals surface area contributed by atoms with Crippen LogP contribution in [0.5, 0.6) is 0 Å². The van der Waals surface area contributed by atoms with E-state index in [1.54, 1.807) is 57.4 Å². The van der Waals surface area contributed by atoms with Crippen LogP contribution in [-0.4, -0.2) is 42.9 Å². The van der Waals surface area contributed by atoms with Gasteiger partial charge in [-0.05, 0) is 36.8 Å². The average molecular weight is 368 g/mol. The zero-order valence-corrected chi connectivity index (χ0v) is 15.7. The van der Waals surface area contributed by atoms with Crippen LogP contribution in [0.4, 0.5) is 10.5 Å². The minimum atomic E-state index is -0.677. The number of nitrogens with one attached hydrogen (secondary N) is 3. The minimum absolute atomic E-state index is 0.159. The molecule has 1 atom stereocenters. The molecule has 0 spiro atoms. The molecular weight excluding hydrogens is 344 g/mol. The van der Waals surface area contributed by atoms with Gasteiger partial charge in [0.1, 0.15) is 6.04 Å². The molecule has 27 heavy (non-hydrogen) atoms. The summed E-state index contributed by atoms with van der Waals surface area (Å²) in [6.45, 7) is 2.01. The molecule has 0 fully saturated rings. The van der Waals surface area contributed by atoms with E-state index in [0.717, 1.165) is 5.56 Å². The molecule has 0 unspecified atom stereocenters. The van der Waals surface area contributed by atoms with E-state index in [-0.39, 0.29) is 11.8 Å². The Hall–Kier alpha value is -3.35. The van der Waals surface area contributed by atoms with Crippen molar-refractivity contribution in [3.05, 3.63) is 65.7 Å². The molecule has 0 bridgehead atoms. The SMILES string of the molecule is CNC(=O)c1ccc(CN(C)C(=O)[C@H](C)NC(=O)Nc2ccccc2)cc1. The molecule has 4 amide bonds. The molecular formula is C20H24N4O3. The first-order valence-corrected chi connectivity index (χ1v) is 8.59. The predicted octanol–water partition coefficient (Wildman–Crippen LogP) is 2.21. The molecule has 0 aliphatic rings. The number of benzene rings is 2. The van der Waals surface area contributed by atoms with Crippen molar-refractivity contribution < 1.29 is 14.4 Å². The van der Waals surface area contributed by atoms with Crippen LogP contribution in [0.3, 0.4) is 0 Å². The number of urea groups is 1. The Morgan fingerprint density at radius 2 is 1.63 bits per heavy atom. The van der Waals surface area contributed by atoms with Crippen molar-refractivity contribution in [1.29, 1.82) is 0 Å². The van der Waals surface area contributed by atoms with E-state index in [2.05, 4.69) is 16.0 Å². The summed E-state index contributed by atoms with van der Waals surface area (Å²) in [5.74, 6) is -0.373. The van der Waals surface area contributed by atoms with Gasteiger partial charge in [-0.1, -0.05) is 30.3 Å². The summed E-state index contributed by atoms with van der Waals surface area (Å²) in [7, 11) is 3.24. The molecule has 0 saturated carbocycles. The number of hydrogen-bond donors (Lipinski definition) is 3. The maximum absolute atomic E-state index is 12.5. The van der Waals surface area contributed by atoms with Gasteiger partial charge in [0, 0.05) is 31.9 Å². The fraction of sp³-hybridized carbons (Fsp3) is 0.250. The van der Waals surface area contributed by atoms with Crippen LogP contribution in [0.2, 0.25) is 0 Å². The molecule has 3 N–H and O–H groups in total. The summed E-state index contributed by atoms with van der Waals surface area (Å²) in [5, 5.41) is 7.87. The van der Waals surface area contributed by atoms with Crippen molar-refractivity contribution in [2.24, 2.45) is 0 Å². The first-order valence-electron chi connectivity index (χ1n) is 8.59. The number of para-hydroxylation sites is 1. The lowest BCUT2D eigenvalue weighted by atomic mass is 10.1. The highest BCUT2D eigenvalue weighted by Crippen LogP contribution is 2.08. The van der Waals surface area contributed by atoms with Gasteiger partial charge in [-0.25, -0.2) is 4.79 Å². The van der Waals surface area contributed by atoms with Crippen molar-refractivity contribution in [3.8, 4) is 0 Å². The second-order valence-electron chi connectivity index (χ2n) is 6.16. The van der Waals surface area contributed by atoms with Gasteiger partial charge in [-0.3, -0.25) is 9.59 Å². The van der Waals surface area contributed by atoms with Crippen molar-refractivity contribution in [2.45, 2.75) is 19.5 Å². The highest BCUT2D eigenvalue weighted by molar-refractivity contribution is 5.94. The van der Waals surface area contributed by atoms with E-state index < -0.39 is 12.1 Å². The number of rotatable bonds is 6. The van der Waals surface area contributed by atoms with Crippen LogP contribution in [0.15, 0.2) is 54.6 Å². The van der Waals surface area contributed by atoms with Gasteiger partial charge >= 0.3 is 6.03 Å². The Morgan fingerprint density at radius 1 is 1.00 bits per heavy atom. The second kappa shape index (κ2) is 9.38. The van der Waals surface area contributed by atoms with E-state index in [1.807, 2.05) is 18.2 Å². The number of carbonyl (C=O) groups is 3. The monoisotopic (exact) mass is 368 g/mol. The van der Waals surface area contributed by atoms with Crippen molar-refractivity contribution in [1.82, 2.24) is 15.5 Å². The molecule has 7 heteroatoms. The molecule has 2 rings (SSSR count). The highest BCUT2D eigenvalue weighted by Gasteiger charge is 2.19. The van der Waals surface area contributed by atoms with Gasteiger partial charge in [0.25, 0.3) is 5.91 Å².